The van der Waals surface area contributed by atoms with Gasteiger partial charge in [-0.3, -0.25) is 4.79 Å². The quantitative estimate of drug-likeness (QED) is 0.546. The molecule has 0 bridgehead atoms. The molecule has 7 nitrogen and oxygen atoms in total. The second kappa shape index (κ2) is 9.29. The normalized spacial score (nSPS) is 14.0. The van der Waals surface area contributed by atoms with Crippen LogP contribution in [-0.4, -0.2) is 32.4 Å². The Morgan fingerprint density at radius 2 is 2.00 bits per heavy atom. The van der Waals surface area contributed by atoms with Gasteiger partial charge in [-0.2, -0.15) is 5.10 Å². The van der Waals surface area contributed by atoms with E-state index in [2.05, 4.69) is 40.5 Å². The number of allylic oxidation sites excluding steroid dienone is 1. The summed E-state index contributed by atoms with van der Waals surface area (Å²) in [4.78, 5) is 12.5. The van der Waals surface area contributed by atoms with Gasteiger partial charge >= 0.3 is 0 Å². The van der Waals surface area contributed by atoms with E-state index in [0.717, 1.165) is 24.2 Å². The average Bonchev–Trinajstić information content (AvgIpc) is 3.41. The fourth-order valence-electron chi connectivity index (χ4n) is 3.84. The van der Waals surface area contributed by atoms with Crippen molar-refractivity contribution in [3.63, 3.8) is 0 Å². The lowest BCUT2D eigenvalue weighted by atomic mass is 9.97. The van der Waals surface area contributed by atoms with E-state index in [-0.39, 0.29) is 11.8 Å². The first-order valence-corrected chi connectivity index (χ1v) is 11.0. The van der Waals surface area contributed by atoms with Crippen LogP contribution in [0.5, 0.6) is 0 Å². The molecular weight excluding hydrogens is 390 g/mol. The summed E-state index contributed by atoms with van der Waals surface area (Å²) >= 11 is 0. The molecule has 1 N–H and O–H groups in total. The fraction of sp³-hybridized carbons (Fsp3) is 0.417. The second-order valence-electron chi connectivity index (χ2n) is 8.31. The molecule has 0 aliphatic heterocycles. The molecule has 0 saturated carbocycles. The van der Waals surface area contributed by atoms with Gasteiger partial charge in [0, 0.05) is 24.7 Å². The summed E-state index contributed by atoms with van der Waals surface area (Å²) in [5.41, 5.74) is 4.67. The zero-order valence-corrected chi connectivity index (χ0v) is 18.4. The molecule has 0 unspecified atom stereocenters. The van der Waals surface area contributed by atoms with E-state index in [1.165, 1.54) is 24.8 Å². The van der Waals surface area contributed by atoms with E-state index < -0.39 is 0 Å². The molecule has 31 heavy (non-hydrogen) atoms. The Morgan fingerprint density at radius 3 is 2.65 bits per heavy atom. The molecule has 0 radical (unpaired) electrons. The van der Waals surface area contributed by atoms with E-state index in [1.54, 1.807) is 6.92 Å². The smallest absolute Gasteiger partial charge is 0.268 e. The molecular formula is C24H29N5O2. The molecule has 1 amide bonds. The molecule has 2 aromatic heterocycles. The largest absolute Gasteiger partial charge is 0.420 e. The molecule has 0 fully saturated rings. The lowest BCUT2D eigenvalue weighted by Gasteiger charge is -2.13. The molecule has 3 aromatic rings. The van der Waals surface area contributed by atoms with Crippen molar-refractivity contribution in [3.05, 3.63) is 59.1 Å². The van der Waals surface area contributed by atoms with Crippen molar-refractivity contribution < 1.29 is 9.21 Å². The zero-order chi connectivity index (χ0) is 21.8. The maximum absolute atomic E-state index is 12.5. The predicted molar refractivity (Wildman–Crippen MR) is 119 cm³/mol. The van der Waals surface area contributed by atoms with Crippen molar-refractivity contribution in [2.45, 2.75) is 58.8 Å². The summed E-state index contributed by atoms with van der Waals surface area (Å²) in [6.07, 6.45) is 8.15. The third-order valence-electron chi connectivity index (χ3n) is 5.56. The van der Waals surface area contributed by atoms with Gasteiger partial charge in [0.05, 0.1) is 5.69 Å². The second-order valence-corrected chi connectivity index (χ2v) is 8.31. The van der Waals surface area contributed by atoms with Crippen LogP contribution in [0, 0.1) is 6.92 Å². The van der Waals surface area contributed by atoms with Gasteiger partial charge in [0.25, 0.3) is 11.8 Å². The topological polar surface area (TPSA) is 85.8 Å². The molecule has 1 aliphatic rings. The zero-order valence-electron chi connectivity index (χ0n) is 18.4. The van der Waals surface area contributed by atoms with Crippen molar-refractivity contribution in [1.82, 2.24) is 25.3 Å². The van der Waals surface area contributed by atoms with Crippen molar-refractivity contribution in [3.8, 4) is 17.3 Å². The molecule has 7 heteroatoms. The van der Waals surface area contributed by atoms with Crippen LogP contribution in [0.3, 0.4) is 0 Å². The molecule has 0 saturated heterocycles. The summed E-state index contributed by atoms with van der Waals surface area (Å²) in [5, 5.41) is 15.7. The Balaban J connectivity index is 1.46. The Labute approximate surface area is 182 Å². The highest BCUT2D eigenvalue weighted by molar-refractivity contribution is 5.94. The fourth-order valence-corrected chi connectivity index (χ4v) is 3.84. The number of benzene rings is 1. The highest BCUT2D eigenvalue weighted by Gasteiger charge is 2.18. The Hall–Kier alpha value is -3.22. The van der Waals surface area contributed by atoms with E-state index in [0.29, 0.717) is 29.6 Å². The van der Waals surface area contributed by atoms with Crippen molar-refractivity contribution >= 4 is 5.91 Å². The highest BCUT2D eigenvalue weighted by Crippen LogP contribution is 2.26. The minimum Gasteiger partial charge on any atom is -0.420 e. The number of carbonyl (C=O) groups is 1. The van der Waals surface area contributed by atoms with Gasteiger partial charge < -0.3 is 9.73 Å². The summed E-state index contributed by atoms with van der Waals surface area (Å²) in [5.74, 6) is 1.12. The molecule has 1 aliphatic carbocycles. The van der Waals surface area contributed by atoms with E-state index >= 15 is 0 Å². The monoisotopic (exact) mass is 419 g/mol. The standard InChI is InChI=1S/C24H29N5O2/c1-16(2)22-15-21(24-27-26-17(3)31-24)28-29(22)20-11-9-19(10-12-20)23(30)25-14-13-18-7-5-4-6-8-18/h7,9-12,15-16H,4-6,8,13-14H2,1-3H3,(H,25,30). The number of aromatic nitrogens is 4. The van der Waals surface area contributed by atoms with E-state index in [1.807, 2.05) is 35.0 Å². The van der Waals surface area contributed by atoms with Crippen molar-refractivity contribution in [2.24, 2.45) is 0 Å². The summed E-state index contributed by atoms with van der Waals surface area (Å²) in [6.45, 7) is 6.66. The molecule has 2 heterocycles. The number of amides is 1. The summed E-state index contributed by atoms with van der Waals surface area (Å²) in [7, 11) is 0. The van der Waals surface area contributed by atoms with Gasteiger partial charge in [0.1, 0.15) is 5.69 Å². The molecule has 4 rings (SSSR count). The van der Waals surface area contributed by atoms with E-state index in [4.69, 9.17) is 4.42 Å². The summed E-state index contributed by atoms with van der Waals surface area (Å²) < 4.78 is 7.40. The minimum atomic E-state index is -0.0467. The number of nitrogens with one attached hydrogen (secondary N) is 1. The van der Waals surface area contributed by atoms with Gasteiger partial charge in [-0.05, 0) is 68.4 Å². The van der Waals surface area contributed by atoms with Gasteiger partial charge in [0.15, 0.2) is 0 Å². The first kappa shape index (κ1) is 21.0. The maximum Gasteiger partial charge on any atom is 0.268 e. The van der Waals surface area contributed by atoms with Crippen molar-refractivity contribution in [1.29, 1.82) is 0 Å². The minimum absolute atomic E-state index is 0.0467. The molecule has 162 valence electrons. The Bertz CT molecular complexity index is 1080. The number of carbonyl (C=O) groups excluding carboxylic acids is 1. The SMILES string of the molecule is Cc1nnc(-c2cc(C(C)C)n(-c3ccc(C(=O)NCCC4=CCCCC4)cc3)n2)o1. The van der Waals surface area contributed by atoms with E-state index in [9.17, 15) is 4.79 Å². The van der Waals surface area contributed by atoms with Gasteiger partial charge in [-0.15, -0.1) is 10.2 Å². The van der Waals surface area contributed by atoms with Crippen LogP contribution in [-0.2, 0) is 0 Å². The van der Waals surface area contributed by atoms with Crippen LogP contribution in [0.1, 0.15) is 73.8 Å². The van der Waals surface area contributed by atoms with Crippen molar-refractivity contribution in [2.75, 3.05) is 6.54 Å². The number of nitrogens with zero attached hydrogens (tertiary/aromatic N) is 4. The molecule has 0 atom stereocenters. The lowest BCUT2D eigenvalue weighted by molar-refractivity contribution is 0.0954. The summed E-state index contributed by atoms with van der Waals surface area (Å²) in [6, 6.07) is 9.48. The first-order chi connectivity index (χ1) is 15.0. The highest BCUT2D eigenvalue weighted by atomic mass is 16.4. The number of aryl methyl sites for hydroxylation is 1. The van der Waals surface area contributed by atoms with Crippen LogP contribution in [0.2, 0.25) is 0 Å². The Kier molecular flexibility index (Phi) is 6.30. The lowest BCUT2D eigenvalue weighted by Crippen LogP contribution is -2.24. The molecule has 0 spiro atoms. The third kappa shape index (κ3) is 4.93. The van der Waals surface area contributed by atoms with Gasteiger partial charge in [-0.1, -0.05) is 25.5 Å². The maximum atomic E-state index is 12.5. The van der Waals surface area contributed by atoms with Gasteiger partial charge in [0.2, 0.25) is 5.89 Å². The van der Waals surface area contributed by atoms with Crippen LogP contribution < -0.4 is 5.32 Å². The van der Waals surface area contributed by atoms with Crippen LogP contribution >= 0.6 is 0 Å². The Morgan fingerprint density at radius 1 is 1.19 bits per heavy atom. The first-order valence-electron chi connectivity index (χ1n) is 11.0. The predicted octanol–water partition coefficient (Wildman–Crippen LogP) is 4.97. The van der Waals surface area contributed by atoms with Gasteiger partial charge in [-0.25, -0.2) is 4.68 Å². The number of hydrogen-bond acceptors (Lipinski definition) is 5. The van der Waals surface area contributed by atoms with Crippen LogP contribution in [0.4, 0.5) is 0 Å². The van der Waals surface area contributed by atoms with Crippen LogP contribution in [0.25, 0.3) is 17.3 Å². The molecule has 1 aromatic carbocycles. The number of hydrogen-bond donors (Lipinski definition) is 1. The average molecular weight is 420 g/mol. The van der Waals surface area contributed by atoms with Crippen LogP contribution in [0.15, 0.2) is 46.4 Å². The third-order valence-corrected chi connectivity index (χ3v) is 5.56. The number of rotatable bonds is 7.